The summed E-state index contributed by atoms with van der Waals surface area (Å²) >= 11 is 0. The molecule has 0 bridgehead atoms. The molecule has 0 atom stereocenters. The number of aliphatic carboxylic acids is 1. The lowest BCUT2D eigenvalue weighted by Crippen LogP contribution is -2.23. The smallest absolute Gasteiger partial charge is 0.300 e. The van der Waals surface area contributed by atoms with Crippen LogP contribution in [0.4, 0.5) is 0 Å². The molecule has 120 valence electrons. The second kappa shape index (κ2) is 11.9. The lowest BCUT2D eigenvalue weighted by Gasteiger charge is -2.04. The average Bonchev–Trinajstić information content (AvgIpc) is 2.41. The van der Waals surface area contributed by atoms with Gasteiger partial charge in [0.05, 0.1) is 0 Å². The van der Waals surface area contributed by atoms with Crippen molar-refractivity contribution in [1.29, 1.82) is 0 Å². The summed E-state index contributed by atoms with van der Waals surface area (Å²) in [5, 5.41) is 10.4. The van der Waals surface area contributed by atoms with Gasteiger partial charge in [-0.1, -0.05) is 43.2 Å². The highest BCUT2D eigenvalue weighted by Crippen LogP contribution is 2.07. The zero-order valence-electron chi connectivity index (χ0n) is 13.3. The van der Waals surface area contributed by atoms with Gasteiger partial charge in [-0.05, 0) is 31.7 Å². The van der Waals surface area contributed by atoms with Crippen molar-refractivity contribution < 1.29 is 16.1 Å². The van der Waals surface area contributed by atoms with E-state index in [9.17, 15) is 4.79 Å². The minimum Gasteiger partial charge on any atom is -0.481 e. The van der Waals surface area contributed by atoms with E-state index in [2.05, 4.69) is 43.4 Å². The lowest BCUT2D eigenvalue weighted by molar-refractivity contribution is -0.134. The summed E-state index contributed by atoms with van der Waals surface area (Å²) in [6.45, 7) is 6.12. The predicted molar refractivity (Wildman–Crippen MR) is 87.5 cm³/mol. The largest absolute Gasteiger partial charge is 0.481 e. The summed E-state index contributed by atoms with van der Waals surface area (Å²) in [6, 6.07) is 8.53. The highest BCUT2D eigenvalue weighted by atomic mass is 16.4. The van der Waals surface area contributed by atoms with E-state index >= 15 is 0 Å². The van der Waals surface area contributed by atoms with Crippen molar-refractivity contribution in [1.82, 2.24) is 5.32 Å². The van der Waals surface area contributed by atoms with Crippen molar-refractivity contribution in [2.24, 2.45) is 0 Å². The number of carboxylic acids is 1. The quantitative estimate of drug-likeness (QED) is 0.756. The Morgan fingerprint density at radius 3 is 2.29 bits per heavy atom. The van der Waals surface area contributed by atoms with Crippen LogP contribution in [-0.2, 0) is 16.0 Å². The van der Waals surface area contributed by atoms with Crippen LogP contribution in [0.2, 0.25) is 0 Å². The van der Waals surface area contributed by atoms with Crippen LogP contribution in [0, 0.1) is 6.92 Å². The molecule has 0 radical (unpaired) electrons. The maximum Gasteiger partial charge on any atom is 0.300 e. The third-order valence-electron chi connectivity index (χ3n) is 2.84. The fraction of sp³-hybridized carbons (Fsp3) is 0.529. The molecule has 0 aromatic heterocycles. The number of benzene rings is 1. The molecule has 0 aliphatic carbocycles. The fourth-order valence-corrected chi connectivity index (χ4v) is 1.70. The van der Waals surface area contributed by atoms with Crippen LogP contribution in [0.25, 0.3) is 0 Å². The molecule has 0 heterocycles. The minimum absolute atomic E-state index is 0. The highest BCUT2D eigenvalue weighted by molar-refractivity contribution is 5.75. The number of amides is 1. The van der Waals surface area contributed by atoms with E-state index in [1.807, 2.05) is 0 Å². The second-order valence-electron chi connectivity index (χ2n) is 5.06. The number of carboxylic acid groups (broad SMARTS) is 1. The first kappa shape index (κ1) is 19.2. The molecule has 0 aliphatic rings. The van der Waals surface area contributed by atoms with Gasteiger partial charge in [-0.2, -0.15) is 0 Å². The molecule has 1 amide bonds. The Labute approximate surface area is 129 Å². The Kier molecular flexibility index (Phi) is 10.9. The summed E-state index contributed by atoms with van der Waals surface area (Å²) < 4.78 is 0. The molecule has 4 heteroatoms. The van der Waals surface area contributed by atoms with Gasteiger partial charge in [0.2, 0.25) is 5.91 Å². The van der Waals surface area contributed by atoms with Gasteiger partial charge in [-0.15, -0.1) is 0 Å². The van der Waals surface area contributed by atoms with E-state index in [1.165, 1.54) is 11.1 Å². The van der Waals surface area contributed by atoms with E-state index in [0.717, 1.165) is 39.2 Å². The van der Waals surface area contributed by atoms with Gasteiger partial charge < -0.3 is 10.4 Å². The van der Waals surface area contributed by atoms with Crippen molar-refractivity contribution in [3.05, 3.63) is 35.4 Å². The van der Waals surface area contributed by atoms with E-state index in [1.54, 1.807) is 0 Å². The number of rotatable bonds is 7. The number of hydrogen-bond donors (Lipinski definition) is 2. The van der Waals surface area contributed by atoms with E-state index in [0.29, 0.717) is 6.42 Å². The maximum absolute atomic E-state index is 11.5. The predicted octanol–water partition coefficient (Wildman–Crippen LogP) is 3.57. The molecule has 0 unspecified atom stereocenters. The third kappa shape index (κ3) is 12.9. The van der Waals surface area contributed by atoms with Crippen molar-refractivity contribution in [2.75, 3.05) is 6.54 Å². The molecule has 0 fully saturated rings. The van der Waals surface area contributed by atoms with Crippen LogP contribution < -0.4 is 5.32 Å². The molecule has 2 N–H and O–H groups in total. The number of aryl methyl sites for hydroxylation is 2. The fourth-order valence-electron chi connectivity index (χ4n) is 1.70. The van der Waals surface area contributed by atoms with Crippen molar-refractivity contribution >= 4 is 11.9 Å². The highest BCUT2D eigenvalue weighted by Gasteiger charge is 2.00. The van der Waals surface area contributed by atoms with E-state index in [4.69, 9.17) is 9.90 Å². The minimum atomic E-state index is -0.833. The topological polar surface area (TPSA) is 66.4 Å². The van der Waals surface area contributed by atoms with E-state index in [-0.39, 0.29) is 7.33 Å². The first-order chi connectivity index (χ1) is 9.95. The number of unbranched alkanes of at least 4 members (excludes halogenated alkanes) is 1. The van der Waals surface area contributed by atoms with Gasteiger partial charge in [-0.25, -0.2) is 0 Å². The SMILES string of the molecule is CC(=O)O.CCCCNC(=O)CCCc1ccc(C)cc1.[HH]. The van der Waals surface area contributed by atoms with Crippen LogP contribution in [-0.4, -0.2) is 23.5 Å². The summed E-state index contributed by atoms with van der Waals surface area (Å²) in [7, 11) is 0. The van der Waals surface area contributed by atoms with Crippen LogP contribution in [0.1, 0.15) is 52.1 Å². The molecule has 4 nitrogen and oxygen atoms in total. The molecule has 0 saturated carbocycles. The Morgan fingerprint density at radius 1 is 1.19 bits per heavy atom. The van der Waals surface area contributed by atoms with E-state index < -0.39 is 5.97 Å². The molecule has 1 rings (SSSR count). The Hall–Kier alpha value is -1.84. The first-order valence-electron chi connectivity index (χ1n) is 7.47. The van der Waals surface area contributed by atoms with Crippen LogP contribution in [0.3, 0.4) is 0 Å². The molecule has 21 heavy (non-hydrogen) atoms. The molecule has 0 saturated heterocycles. The molecule has 0 spiro atoms. The standard InChI is InChI=1S/C15H23NO.C2H4O2.H2/c1-3-4-12-16-15(17)7-5-6-14-10-8-13(2)9-11-14;1-2(3)4;/h8-11H,3-7,12H2,1-2H3,(H,16,17);1H3,(H,3,4);1H. The maximum atomic E-state index is 11.5. The van der Waals surface area contributed by atoms with Crippen molar-refractivity contribution in [3.63, 3.8) is 0 Å². The molecular formula is C17H29NO3. The second-order valence-corrected chi connectivity index (χ2v) is 5.06. The van der Waals surface area contributed by atoms with Crippen LogP contribution in [0.15, 0.2) is 24.3 Å². The summed E-state index contributed by atoms with van der Waals surface area (Å²) in [6.07, 6.45) is 4.76. The van der Waals surface area contributed by atoms with Crippen molar-refractivity contribution in [2.45, 2.75) is 52.9 Å². The summed E-state index contributed by atoms with van der Waals surface area (Å²) in [5.74, 6) is -0.648. The van der Waals surface area contributed by atoms with Gasteiger partial charge in [0.25, 0.3) is 5.97 Å². The molecule has 1 aromatic rings. The zero-order chi connectivity index (χ0) is 16.1. The van der Waals surface area contributed by atoms with Crippen molar-refractivity contribution in [3.8, 4) is 0 Å². The van der Waals surface area contributed by atoms with Gasteiger partial charge in [0.15, 0.2) is 0 Å². The summed E-state index contributed by atoms with van der Waals surface area (Å²) in [5.41, 5.74) is 2.60. The normalized spacial score (nSPS) is 9.48. The average molecular weight is 295 g/mol. The van der Waals surface area contributed by atoms with Crippen LogP contribution in [0.5, 0.6) is 0 Å². The third-order valence-corrected chi connectivity index (χ3v) is 2.84. The first-order valence-corrected chi connectivity index (χ1v) is 7.47. The Morgan fingerprint density at radius 2 is 1.76 bits per heavy atom. The number of hydrogen-bond acceptors (Lipinski definition) is 2. The van der Waals surface area contributed by atoms with Gasteiger partial charge in [0, 0.05) is 21.3 Å². The van der Waals surface area contributed by atoms with Gasteiger partial charge in [-0.3, -0.25) is 9.59 Å². The Bertz CT molecular complexity index is 414. The lowest BCUT2D eigenvalue weighted by atomic mass is 10.1. The van der Waals surface area contributed by atoms with Gasteiger partial charge >= 0.3 is 0 Å². The van der Waals surface area contributed by atoms with Gasteiger partial charge in [0.1, 0.15) is 0 Å². The Balaban J connectivity index is 0. The van der Waals surface area contributed by atoms with Crippen LogP contribution >= 0.6 is 0 Å². The number of carbonyl (C=O) groups is 2. The number of nitrogens with one attached hydrogen (secondary N) is 1. The molecule has 0 aliphatic heterocycles. The molecular weight excluding hydrogens is 266 g/mol. The molecule has 1 aromatic carbocycles. The monoisotopic (exact) mass is 295 g/mol. The zero-order valence-corrected chi connectivity index (χ0v) is 13.3. The number of carbonyl (C=O) groups excluding carboxylic acids is 1. The summed E-state index contributed by atoms with van der Waals surface area (Å²) in [4.78, 5) is 20.5.